The summed E-state index contributed by atoms with van der Waals surface area (Å²) in [5.41, 5.74) is 3.28. The summed E-state index contributed by atoms with van der Waals surface area (Å²) in [6.45, 7) is 10.2. The van der Waals surface area contributed by atoms with Gasteiger partial charge < -0.3 is 4.98 Å². The van der Waals surface area contributed by atoms with Crippen LogP contribution in [0.25, 0.3) is 0 Å². The Bertz CT molecular complexity index is 1240. The number of fused-ring (bicyclic) bond motifs is 1. The number of hydrogen-bond donors (Lipinski definition) is 3. The van der Waals surface area contributed by atoms with E-state index in [4.69, 9.17) is 12.2 Å². The van der Waals surface area contributed by atoms with Gasteiger partial charge in [0.15, 0.2) is 15.7 Å². The second kappa shape index (κ2) is 8.01. The lowest BCUT2D eigenvalue weighted by molar-refractivity contribution is 0.0910. The van der Waals surface area contributed by atoms with Crippen molar-refractivity contribution in [1.82, 2.24) is 24.7 Å². The lowest BCUT2D eigenvalue weighted by Gasteiger charge is -2.28. The first kappa shape index (κ1) is 21.4. The van der Waals surface area contributed by atoms with E-state index in [2.05, 4.69) is 45.9 Å². The third-order valence-electron chi connectivity index (χ3n) is 5.39. The molecule has 0 saturated carbocycles. The predicted molar refractivity (Wildman–Crippen MR) is 122 cm³/mol. The number of allylic oxidation sites excluding steroid dienone is 1. The van der Waals surface area contributed by atoms with E-state index < -0.39 is 0 Å². The van der Waals surface area contributed by atoms with Gasteiger partial charge in [0.25, 0.3) is 5.91 Å². The largest absolute Gasteiger partial charge is 0.354 e. The van der Waals surface area contributed by atoms with E-state index in [0.29, 0.717) is 46.1 Å². The standard InChI is InChI=1S/C21H24N6O2S2/c1-5-6-27-15(25-26-20(27)30)7-12-10-31-19(22-12)24-18(29)17-11(2)16-13(23-17)8-21(3,4)9-14(16)28/h5,10,23H,1,6-9H2,2-4H3,(H,26,30)(H,22,24,29). The van der Waals surface area contributed by atoms with E-state index in [9.17, 15) is 9.59 Å². The minimum absolute atomic E-state index is 0.0866. The van der Waals surface area contributed by atoms with Crippen LogP contribution >= 0.6 is 23.6 Å². The molecule has 0 fully saturated rings. The van der Waals surface area contributed by atoms with Gasteiger partial charge in [0.2, 0.25) is 0 Å². The number of rotatable bonds is 6. The number of carbonyl (C=O) groups excluding carboxylic acids is 2. The number of anilines is 1. The fraction of sp³-hybridized carbons (Fsp3) is 0.381. The number of amides is 1. The maximum Gasteiger partial charge on any atom is 0.274 e. The molecular weight excluding hydrogens is 432 g/mol. The van der Waals surface area contributed by atoms with Gasteiger partial charge in [-0.25, -0.2) is 4.98 Å². The first-order chi connectivity index (χ1) is 14.7. The molecule has 10 heteroatoms. The van der Waals surface area contributed by atoms with Gasteiger partial charge in [-0.05, 0) is 36.5 Å². The number of nitrogens with zero attached hydrogens (tertiary/aromatic N) is 3. The minimum Gasteiger partial charge on any atom is -0.354 e. The molecule has 31 heavy (non-hydrogen) atoms. The highest BCUT2D eigenvalue weighted by Crippen LogP contribution is 2.36. The Kier molecular flexibility index (Phi) is 5.52. The van der Waals surface area contributed by atoms with E-state index in [1.54, 1.807) is 6.08 Å². The number of Topliss-reactive ketones (excluding diaryl/α,β-unsaturated/α-hetero) is 1. The van der Waals surface area contributed by atoms with Crippen LogP contribution in [-0.2, 0) is 19.4 Å². The molecule has 1 aliphatic rings. The predicted octanol–water partition coefficient (Wildman–Crippen LogP) is 4.22. The summed E-state index contributed by atoms with van der Waals surface area (Å²) in [5.74, 6) is 0.540. The van der Waals surface area contributed by atoms with E-state index in [1.165, 1.54) is 11.3 Å². The topological polar surface area (TPSA) is 108 Å². The van der Waals surface area contributed by atoms with Crippen LogP contribution in [0.15, 0.2) is 18.0 Å². The van der Waals surface area contributed by atoms with E-state index in [0.717, 1.165) is 23.6 Å². The summed E-state index contributed by atoms with van der Waals surface area (Å²) in [7, 11) is 0. The highest BCUT2D eigenvalue weighted by molar-refractivity contribution is 7.71. The van der Waals surface area contributed by atoms with Crippen molar-refractivity contribution in [2.75, 3.05) is 5.32 Å². The van der Waals surface area contributed by atoms with Gasteiger partial charge in [-0.1, -0.05) is 19.9 Å². The lowest BCUT2D eigenvalue weighted by atomic mass is 9.75. The molecule has 0 radical (unpaired) electrons. The Morgan fingerprint density at radius 1 is 1.45 bits per heavy atom. The van der Waals surface area contributed by atoms with Crippen molar-refractivity contribution in [2.24, 2.45) is 5.41 Å². The summed E-state index contributed by atoms with van der Waals surface area (Å²) in [6, 6.07) is 0. The van der Waals surface area contributed by atoms with E-state index >= 15 is 0 Å². The number of thiazole rings is 1. The van der Waals surface area contributed by atoms with Crippen molar-refractivity contribution in [1.29, 1.82) is 0 Å². The number of carbonyl (C=O) groups is 2. The van der Waals surface area contributed by atoms with Crippen molar-refractivity contribution in [3.05, 3.63) is 56.8 Å². The minimum atomic E-state index is -0.298. The van der Waals surface area contributed by atoms with Crippen LogP contribution in [0.3, 0.4) is 0 Å². The molecule has 0 aliphatic heterocycles. The second-order valence-corrected chi connectivity index (χ2v) is 9.78. The zero-order valence-corrected chi connectivity index (χ0v) is 19.3. The van der Waals surface area contributed by atoms with E-state index in [-0.39, 0.29) is 17.1 Å². The number of hydrogen-bond acceptors (Lipinski definition) is 6. The molecule has 3 heterocycles. The van der Waals surface area contributed by atoms with Crippen molar-refractivity contribution < 1.29 is 9.59 Å². The maximum atomic E-state index is 12.9. The summed E-state index contributed by atoms with van der Waals surface area (Å²) >= 11 is 6.58. The highest BCUT2D eigenvalue weighted by atomic mass is 32.1. The molecule has 162 valence electrons. The van der Waals surface area contributed by atoms with Crippen molar-refractivity contribution in [3.63, 3.8) is 0 Å². The molecule has 3 N–H and O–H groups in total. The molecule has 0 unspecified atom stereocenters. The number of aromatic amines is 2. The number of H-pyrrole nitrogens is 2. The molecule has 0 aromatic carbocycles. The average molecular weight is 457 g/mol. The zero-order valence-electron chi connectivity index (χ0n) is 17.7. The van der Waals surface area contributed by atoms with Crippen molar-refractivity contribution in [3.8, 4) is 0 Å². The third-order valence-corrected chi connectivity index (χ3v) is 6.51. The van der Waals surface area contributed by atoms with Gasteiger partial charge in [0, 0.05) is 29.6 Å². The zero-order chi connectivity index (χ0) is 22.3. The SMILES string of the molecule is C=CCn1c(Cc2csc(NC(=O)c3[nH]c4c(c3C)C(=O)CC(C)(C)C4)n2)n[nH]c1=S. The van der Waals surface area contributed by atoms with Crippen molar-refractivity contribution in [2.45, 2.75) is 46.6 Å². The summed E-state index contributed by atoms with van der Waals surface area (Å²) < 4.78 is 2.38. The number of ketones is 1. The van der Waals surface area contributed by atoms with Crippen LogP contribution < -0.4 is 5.32 Å². The quantitative estimate of drug-likeness (QED) is 0.380. The van der Waals surface area contributed by atoms with Crippen LogP contribution in [-0.4, -0.2) is 36.4 Å². The van der Waals surface area contributed by atoms with Gasteiger partial charge in [-0.2, -0.15) is 5.10 Å². The Balaban J connectivity index is 1.51. The fourth-order valence-electron chi connectivity index (χ4n) is 4.03. The average Bonchev–Trinajstić information content (AvgIpc) is 3.35. The molecule has 8 nitrogen and oxygen atoms in total. The molecule has 0 atom stereocenters. The van der Waals surface area contributed by atoms with Gasteiger partial charge in [0.1, 0.15) is 11.5 Å². The third kappa shape index (κ3) is 4.17. The Morgan fingerprint density at radius 2 is 2.23 bits per heavy atom. The molecule has 3 aromatic heterocycles. The van der Waals surface area contributed by atoms with Crippen LogP contribution in [0.1, 0.15) is 63.9 Å². The highest BCUT2D eigenvalue weighted by Gasteiger charge is 2.35. The molecule has 0 bridgehead atoms. The van der Waals surface area contributed by atoms with Crippen LogP contribution in [0.5, 0.6) is 0 Å². The molecule has 0 saturated heterocycles. The fourth-order valence-corrected chi connectivity index (χ4v) is 4.96. The normalized spacial score (nSPS) is 15.0. The summed E-state index contributed by atoms with van der Waals surface area (Å²) in [4.78, 5) is 33.2. The van der Waals surface area contributed by atoms with E-state index in [1.807, 2.05) is 16.9 Å². The maximum absolute atomic E-state index is 12.9. The monoisotopic (exact) mass is 456 g/mol. The smallest absolute Gasteiger partial charge is 0.274 e. The van der Waals surface area contributed by atoms with Gasteiger partial charge >= 0.3 is 0 Å². The Labute approximate surface area is 188 Å². The number of nitrogens with one attached hydrogen (secondary N) is 3. The first-order valence-electron chi connectivity index (χ1n) is 9.94. The second-order valence-electron chi connectivity index (χ2n) is 8.54. The first-order valence-corrected chi connectivity index (χ1v) is 11.2. The Morgan fingerprint density at radius 3 is 2.97 bits per heavy atom. The van der Waals surface area contributed by atoms with Crippen LogP contribution in [0, 0.1) is 17.1 Å². The van der Waals surface area contributed by atoms with Crippen LogP contribution in [0.4, 0.5) is 5.13 Å². The number of aromatic nitrogens is 5. The van der Waals surface area contributed by atoms with Gasteiger partial charge in [-0.3, -0.25) is 24.6 Å². The van der Waals surface area contributed by atoms with Crippen molar-refractivity contribution >= 4 is 40.4 Å². The molecular formula is C21H24N6O2S2. The molecule has 1 aliphatic carbocycles. The summed E-state index contributed by atoms with van der Waals surface area (Å²) in [6.07, 6.45) is 3.46. The van der Waals surface area contributed by atoms with Gasteiger partial charge in [-0.15, -0.1) is 17.9 Å². The Hall–Kier alpha value is -2.85. The molecule has 4 rings (SSSR count). The summed E-state index contributed by atoms with van der Waals surface area (Å²) in [5, 5.41) is 12.3. The van der Waals surface area contributed by atoms with Crippen LogP contribution in [0.2, 0.25) is 0 Å². The molecule has 3 aromatic rings. The van der Waals surface area contributed by atoms with Gasteiger partial charge in [0.05, 0.1) is 12.1 Å². The molecule has 0 spiro atoms. The molecule has 1 amide bonds. The lowest BCUT2D eigenvalue weighted by Crippen LogP contribution is -2.26.